The molecule has 0 bridgehead atoms. The molecule has 0 spiro atoms. The Labute approximate surface area is 108 Å². The highest BCUT2D eigenvalue weighted by molar-refractivity contribution is 14.1. The minimum atomic E-state index is 0.486. The quantitative estimate of drug-likeness (QED) is 0.678. The molecule has 0 N–H and O–H groups in total. The predicted molar refractivity (Wildman–Crippen MR) is 71.6 cm³/mol. The maximum atomic E-state index is 8.72. The number of thiophene rings is 1. The van der Waals surface area contributed by atoms with Gasteiger partial charge in [0.25, 0.3) is 0 Å². The standard InChI is InChI=1S/C10H5BrINS/c11-9-7-2-4-14-10(7)6(1-3-13)5-8(9)12/h2,4-5H,1H2. The summed E-state index contributed by atoms with van der Waals surface area (Å²) < 4.78 is 3.52. The van der Waals surface area contributed by atoms with Crippen LogP contribution in [-0.4, -0.2) is 0 Å². The molecular weight excluding hydrogens is 373 g/mol. The van der Waals surface area contributed by atoms with Crippen LogP contribution in [0.25, 0.3) is 10.1 Å². The normalized spacial score (nSPS) is 10.4. The third kappa shape index (κ3) is 1.69. The van der Waals surface area contributed by atoms with Crippen LogP contribution in [0.15, 0.2) is 22.0 Å². The number of nitriles is 1. The molecule has 1 aromatic heterocycles. The van der Waals surface area contributed by atoms with E-state index in [-0.39, 0.29) is 0 Å². The first-order valence-corrected chi connectivity index (χ1v) is 6.70. The van der Waals surface area contributed by atoms with E-state index in [2.05, 4.69) is 62.1 Å². The molecule has 0 aliphatic carbocycles. The van der Waals surface area contributed by atoms with Crippen LogP contribution >= 0.6 is 49.9 Å². The van der Waals surface area contributed by atoms with Gasteiger partial charge in [0.1, 0.15) is 0 Å². The van der Waals surface area contributed by atoms with Crippen LogP contribution in [0.1, 0.15) is 5.56 Å². The Morgan fingerprint density at radius 3 is 3.07 bits per heavy atom. The SMILES string of the molecule is N#CCc1cc(I)c(Br)c2ccsc12. The zero-order chi connectivity index (χ0) is 10.1. The summed E-state index contributed by atoms with van der Waals surface area (Å²) in [7, 11) is 0. The fraction of sp³-hybridized carbons (Fsp3) is 0.100. The summed E-state index contributed by atoms with van der Waals surface area (Å²) in [5, 5.41) is 12.0. The topological polar surface area (TPSA) is 23.8 Å². The second-order valence-electron chi connectivity index (χ2n) is 2.83. The van der Waals surface area contributed by atoms with Crippen molar-refractivity contribution in [3.63, 3.8) is 0 Å². The maximum Gasteiger partial charge on any atom is 0.0670 e. The van der Waals surface area contributed by atoms with Crippen LogP contribution in [0, 0.1) is 14.9 Å². The van der Waals surface area contributed by atoms with Gasteiger partial charge in [-0.05, 0) is 61.6 Å². The Morgan fingerprint density at radius 2 is 2.36 bits per heavy atom. The first-order valence-electron chi connectivity index (χ1n) is 3.95. The second-order valence-corrected chi connectivity index (χ2v) is 5.70. The number of hydrogen-bond acceptors (Lipinski definition) is 2. The summed E-state index contributed by atoms with van der Waals surface area (Å²) in [6, 6.07) is 6.37. The van der Waals surface area contributed by atoms with E-state index < -0.39 is 0 Å². The molecule has 2 rings (SSSR count). The number of hydrogen-bond donors (Lipinski definition) is 0. The zero-order valence-corrected chi connectivity index (χ0v) is 11.6. The molecule has 4 heteroatoms. The predicted octanol–water partition coefficient (Wildman–Crippen LogP) is 4.33. The summed E-state index contributed by atoms with van der Waals surface area (Å²) in [4.78, 5) is 0. The lowest BCUT2D eigenvalue weighted by Crippen LogP contribution is -1.85. The molecule has 0 fully saturated rings. The fourth-order valence-corrected chi connectivity index (χ4v) is 3.52. The molecule has 0 saturated heterocycles. The molecule has 1 nitrogen and oxygen atoms in total. The molecule has 70 valence electrons. The van der Waals surface area contributed by atoms with Crippen molar-refractivity contribution in [2.45, 2.75) is 6.42 Å². The molecule has 0 unspecified atom stereocenters. The van der Waals surface area contributed by atoms with Gasteiger partial charge in [-0.25, -0.2) is 0 Å². The van der Waals surface area contributed by atoms with Gasteiger partial charge in [-0.15, -0.1) is 11.3 Å². The molecule has 0 aliphatic rings. The van der Waals surface area contributed by atoms with E-state index in [1.54, 1.807) is 11.3 Å². The van der Waals surface area contributed by atoms with Crippen LogP contribution in [0.5, 0.6) is 0 Å². The van der Waals surface area contributed by atoms with E-state index in [1.165, 1.54) is 13.7 Å². The lowest BCUT2D eigenvalue weighted by atomic mass is 10.1. The monoisotopic (exact) mass is 377 g/mol. The van der Waals surface area contributed by atoms with E-state index in [0.29, 0.717) is 6.42 Å². The first-order chi connectivity index (χ1) is 6.74. The number of benzene rings is 1. The Morgan fingerprint density at radius 1 is 1.57 bits per heavy atom. The Bertz CT molecular complexity index is 527. The van der Waals surface area contributed by atoms with Crippen molar-refractivity contribution in [1.29, 1.82) is 5.26 Å². The van der Waals surface area contributed by atoms with Crippen molar-refractivity contribution < 1.29 is 0 Å². The largest absolute Gasteiger partial charge is 0.198 e. The van der Waals surface area contributed by atoms with Crippen molar-refractivity contribution in [1.82, 2.24) is 0 Å². The van der Waals surface area contributed by atoms with Crippen molar-refractivity contribution >= 4 is 59.9 Å². The summed E-state index contributed by atoms with van der Waals surface area (Å²) in [6.07, 6.45) is 0.486. The van der Waals surface area contributed by atoms with Gasteiger partial charge in [0.2, 0.25) is 0 Å². The fourth-order valence-electron chi connectivity index (χ4n) is 1.36. The summed E-state index contributed by atoms with van der Waals surface area (Å²) in [6.45, 7) is 0. The summed E-state index contributed by atoms with van der Waals surface area (Å²) in [5.41, 5.74) is 1.13. The van der Waals surface area contributed by atoms with Crippen molar-refractivity contribution in [3.8, 4) is 6.07 Å². The Hall–Kier alpha value is -0.120. The molecule has 1 aromatic carbocycles. The molecule has 0 radical (unpaired) electrons. The number of halogens is 2. The molecular formula is C10H5BrINS. The molecule has 0 aliphatic heterocycles. The van der Waals surface area contributed by atoms with Gasteiger partial charge in [-0.3, -0.25) is 0 Å². The third-order valence-electron chi connectivity index (χ3n) is 1.97. The van der Waals surface area contributed by atoms with Crippen molar-refractivity contribution in [2.24, 2.45) is 0 Å². The number of nitrogens with zero attached hydrogens (tertiary/aromatic N) is 1. The van der Waals surface area contributed by atoms with Crippen LogP contribution in [0.3, 0.4) is 0 Å². The van der Waals surface area contributed by atoms with E-state index >= 15 is 0 Å². The lowest BCUT2D eigenvalue weighted by Gasteiger charge is -2.02. The van der Waals surface area contributed by atoms with Gasteiger partial charge in [0.05, 0.1) is 12.5 Å². The minimum Gasteiger partial charge on any atom is -0.198 e. The van der Waals surface area contributed by atoms with Crippen molar-refractivity contribution in [3.05, 3.63) is 31.1 Å². The van der Waals surface area contributed by atoms with Crippen LogP contribution in [-0.2, 0) is 6.42 Å². The highest BCUT2D eigenvalue weighted by Gasteiger charge is 2.09. The average Bonchev–Trinajstić information content (AvgIpc) is 2.63. The van der Waals surface area contributed by atoms with Crippen molar-refractivity contribution in [2.75, 3.05) is 0 Å². The van der Waals surface area contributed by atoms with Gasteiger partial charge < -0.3 is 0 Å². The maximum absolute atomic E-state index is 8.72. The van der Waals surface area contributed by atoms with Gasteiger partial charge in [0.15, 0.2) is 0 Å². The summed E-state index contributed by atoms with van der Waals surface area (Å²) >= 11 is 7.54. The first kappa shape index (κ1) is 10.4. The van der Waals surface area contributed by atoms with Gasteiger partial charge in [-0.2, -0.15) is 5.26 Å². The average molecular weight is 378 g/mol. The molecule has 2 aromatic rings. The van der Waals surface area contributed by atoms with E-state index in [0.717, 1.165) is 10.0 Å². The highest BCUT2D eigenvalue weighted by Crippen LogP contribution is 2.35. The van der Waals surface area contributed by atoms with Gasteiger partial charge in [-0.1, -0.05) is 0 Å². The van der Waals surface area contributed by atoms with E-state index in [1.807, 2.05) is 0 Å². The minimum absolute atomic E-state index is 0.486. The highest BCUT2D eigenvalue weighted by atomic mass is 127. The van der Waals surface area contributed by atoms with Crippen LogP contribution in [0.2, 0.25) is 0 Å². The smallest absolute Gasteiger partial charge is 0.0670 e. The third-order valence-corrected chi connectivity index (χ3v) is 5.41. The molecule has 14 heavy (non-hydrogen) atoms. The van der Waals surface area contributed by atoms with E-state index in [4.69, 9.17) is 5.26 Å². The number of rotatable bonds is 1. The molecule has 0 atom stereocenters. The number of fused-ring (bicyclic) bond motifs is 1. The Kier molecular flexibility index (Phi) is 3.10. The molecule has 0 amide bonds. The molecule has 0 saturated carbocycles. The second kappa shape index (κ2) is 4.17. The summed E-state index contributed by atoms with van der Waals surface area (Å²) in [5.74, 6) is 0. The van der Waals surface area contributed by atoms with Gasteiger partial charge >= 0.3 is 0 Å². The van der Waals surface area contributed by atoms with Crippen LogP contribution < -0.4 is 0 Å². The van der Waals surface area contributed by atoms with Gasteiger partial charge in [0, 0.05) is 18.1 Å². The van der Waals surface area contributed by atoms with E-state index in [9.17, 15) is 0 Å². The molecule has 1 heterocycles. The Balaban J connectivity index is 2.79. The zero-order valence-electron chi connectivity index (χ0n) is 7.05. The van der Waals surface area contributed by atoms with Crippen LogP contribution in [0.4, 0.5) is 0 Å². The lowest BCUT2D eigenvalue weighted by molar-refractivity contribution is 1.29.